The average Bonchev–Trinajstić information content (AvgIpc) is 2.38. The van der Waals surface area contributed by atoms with E-state index in [9.17, 15) is 14.4 Å². The summed E-state index contributed by atoms with van der Waals surface area (Å²) in [5, 5.41) is 13.3. The largest absolute Gasteiger partial charge is 0.478 e. The van der Waals surface area contributed by atoms with Crippen molar-refractivity contribution in [1.82, 2.24) is 0 Å². The lowest BCUT2D eigenvalue weighted by Crippen LogP contribution is -2.11. The van der Waals surface area contributed by atoms with Gasteiger partial charge in [0.05, 0.1) is 7.11 Å². The van der Waals surface area contributed by atoms with Gasteiger partial charge in [0.15, 0.2) is 0 Å². The van der Waals surface area contributed by atoms with E-state index in [-0.39, 0.29) is 0 Å². The number of hydrogen-bond acceptors (Lipinski definition) is 4. The zero-order valence-electron chi connectivity index (χ0n) is 10.0. The molecule has 0 aliphatic carbocycles. The molecule has 1 aromatic carbocycles. The molecule has 0 aliphatic rings. The SMILES string of the molecule is COC(=O)Nc1ccc(NC(=O)/C=C/C(=O)O)cc1. The molecule has 100 valence electrons. The van der Waals surface area contributed by atoms with Crippen molar-refractivity contribution in [2.45, 2.75) is 0 Å². The molecule has 0 heterocycles. The summed E-state index contributed by atoms with van der Waals surface area (Å²) in [4.78, 5) is 32.4. The minimum Gasteiger partial charge on any atom is -0.478 e. The smallest absolute Gasteiger partial charge is 0.411 e. The Balaban J connectivity index is 2.59. The minimum absolute atomic E-state index is 0.468. The van der Waals surface area contributed by atoms with E-state index in [2.05, 4.69) is 15.4 Å². The highest BCUT2D eigenvalue weighted by molar-refractivity contribution is 6.02. The maximum atomic E-state index is 11.3. The predicted molar refractivity (Wildman–Crippen MR) is 67.9 cm³/mol. The van der Waals surface area contributed by atoms with E-state index in [0.717, 1.165) is 12.2 Å². The number of hydrogen-bond donors (Lipinski definition) is 3. The molecule has 0 radical (unpaired) electrons. The number of methoxy groups -OCH3 is 1. The fourth-order valence-corrected chi connectivity index (χ4v) is 1.14. The van der Waals surface area contributed by atoms with E-state index in [0.29, 0.717) is 11.4 Å². The van der Waals surface area contributed by atoms with Gasteiger partial charge in [-0.2, -0.15) is 0 Å². The Kier molecular flexibility index (Phi) is 5.09. The third-order valence-corrected chi connectivity index (χ3v) is 1.96. The van der Waals surface area contributed by atoms with Crippen LogP contribution in [-0.2, 0) is 14.3 Å². The number of rotatable bonds is 4. The van der Waals surface area contributed by atoms with Gasteiger partial charge in [0.25, 0.3) is 0 Å². The summed E-state index contributed by atoms with van der Waals surface area (Å²) >= 11 is 0. The summed E-state index contributed by atoms with van der Waals surface area (Å²) < 4.78 is 4.42. The molecule has 3 N–H and O–H groups in total. The average molecular weight is 264 g/mol. The van der Waals surface area contributed by atoms with Crippen LogP contribution in [0.25, 0.3) is 0 Å². The number of amides is 2. The van der Waals surface area contributed by atoms with Crippen LogP contribution < -0.4 is 10.6 Å². The fourth-order valence-electron chi connectivity index (χ4n) is 1.14. The first-order valence-corrected chi connectivity index (χ1v) is 5.18. The molecule has 0 aromatic heterocycles. The Morgan fingerprint density at radius 1 is 1.05 bits per heavy atom. The molecule has 7 nitrogen and oxygen atoms in total. The molecule has 1 aromatic rings. The summed E-state index contributed by atoms with van der Waals surface area (Å²) in [5.41, 5.74) is 0.974. The Morgan fingerprint density at radius 2 is 1.58 bits per heavy atom. The molecule has 0 saturated heterocycles. The van der Waals surface area contributed by atoms with E-state index < -0.39 is 18.0 Å². The molecule has 19 heavy (non-hydrogen) atoms. The maximum Gasteiger partial charge on any atom is 0.411 e. The van der Waals surface area contributed by atoms with Crippen molar-refractivity contribution in [1.29, 1.82) is 0 Å². The quantitative estimate of drug-likeness (QED) is 0.714. The fraction of sp³-hybridized carbons (Fsp3) is 0.0833. The van der Waals surface area contributed by atoms with Crippen molar-refractivity contribution in [2.24, 2.45) is 0 Å². The normalized spacial score (nSPS) is 9.95. The first-order chi connectivity index (χ1) is 9.01. The Morgan fingerprint density at radius 3 is 2.05 bits per heavy atom. The van der Waals surface area contributed by atoms with Crippen LogP contribution in [0.1, 0.15) is 0 Å². The number of carboxylic acid groups (broad SMARTS) is 1. The van der Waals surface area contributed by atoms with Crippen LogP contribution in [0.2, 0.25) is 0 Å². The van der Waals surface area contributed by atoms with Gasteiger partial charge < -0.3 is 15.2 Å². The van der Waals surface area contributed by atoms with E-state index >= 15 is 0 Å². The van der Waals surface area contributed by atoms with Gasteiger partial charge in [0, 0.05) is 23.5 Å². The molecular weight excluding hydrogens is 252 g/mol. The molecule has 0 saturated carbocycles. The van der Waals surface area contributed by atoms with Gasteiger partial charge in [-0.1, -0.05) is 0 Å². The van der Waals surface area contributed by atoms with Crippen molar-refractivity contribution < 1.29 is 24.2 Å². The second-order valence-corrected chi connectivity index (χ2v) is 3.35. The zero-order chi connectivity index (χ0) is 14.3. The summed E-state index contributed by atoms with van der Waals surface area (Å²) in [6.07, 6.45) is 1.05. The summed E-state index contributed by atoms with van der Waals surface area (Å²) in [6.45, 7) is 0. The summed E-state index contributed by atoms with van der Waals surface area (Å²) in [6, 6.07) is 6.23. The highest BCUT2D eigenvalue weighted by Crippen LogP contribution is 2.13. The first-order valence-electron chi connectivity index (χ1n) is 5.18. The molecule has 0 bridgehead atoms. The molecule has 1 rings (SSSR count). The van der Waals surface area contributed by atoms with Crippen molar-refractivity contribution in [3.8, 4) is 0 Å². The van der Waals surface area contributed by atoms with Gasteiger partial charge in [0.1, 0.15) is 0 Å². The predicted octanol–water partition coefficient (Wildman–Crippen LogP) is 1.44. The van der Waals surface area contributed by atoms with E-state index in [4.69, 9.17) is 5.11 Å². The lowest BCUT2D eigenvalue weighted by Gasteiger charge is -2.05. The van der Waals surface area contributed by atoms with Crippen LogP contribution >= 0.6 is 0 Å². The number of benzene rings is 1. The van der Waals surface area contributed by atoms with Crippen molar-refractivity contribution in [3.05, 3.63) is 36.4 Å². The molecule has 2 amide bonds. The number of nitrogens with one attached hydrogen (secondary N) is 2. The lowest BCUT2D eigenvalue weighted by atomic mass is 10.3. The molecule has 0 aliphatic heterocycles. The first kappa shape index (κ1) is 14.2. The van der Waals surface area contributed by atoms with Crippen molar-refractivity contribution >= 4 is 29.3 Å². The summed E-state index contributed by atoms with van der Waals surface area (Å²) in [5.74, 6) is -1.76. The van der Waals surface area contributed by atoms with Crippen LogP contribution in [0.4, 0.5) is 16.2 Å². The minimum atomic E-state index is -1.20. The van der Waals surface area contributed by atoms with Gasteiger partial charge in [-0.15, -0.1) is 0 Å². The number of anilines is 2. The van der Waals surface area contributed by atoms with Gasteiger partial charge in [-0.25, -0.2) is 9.59 Å². The standard InChI is InChI=1S/C12H12N2O5/c1-19-12(18)14-9-4-2-8(3-5-9)13-10(15)6-7-11(16)17/h2-7H,1H3,(H,13,15)(H,14,18)(H,16,17)/b7-6+. The van der Waals surface area contributed by atoms with E-state index in [1.54, 1.807) is 24.3 Å². The molecule has 0 atom stereocenters. The highest BCUT2D eigenvalue weighted by atomic mass is 16.5. The molecule has 7 heteroatoms. The Labute approximate surface area is 108 Å². The molecular formula is C12H12N2O5. The maximum absolute atomic E-state index is 11.3. The second-order valence-electron chi connectivity index (χ2n) is 3.35. The topological polar surface area (TPSA) is 105 Å². The van der Waals surface area contributed by atoms with E-state index in [1.807, 2.05) is 0 Å². The van der Waals surface area contributed by atoms with Gasteiger partial charge in [-0.3, -0.25) is 10.1 Å². The van der Waals surface area contributed by atoms with Crippen LogP contribution in [0.15, 0.2) is 36.4 Å². The molecule has 0 unspecified atom stereocenters. The number of carbonyl (C=O) groups is 3. The van der Waals surface area contributed by atoms with Crippen LogP contribution in [0.3, 0.4) is 0 Å². The van der Waals surface area contributed by atoms with Gasteiger partial charge >= 0.3 is 12.1 Å². The lowest BCUT2D eigenvalue weighted by molar-refractivity contribution is -0.131. The number of carbonyl (C=O) groups excluding carboxylic acids is 2. The third-order valence-electron chi connectivity index (χ3n) is 1.96. The van der Waals surface area contributed by atoms with Gasteiger partial charge in [-0.05, 0) is 24.3 Å². The highest BCUT2D eigenvalue weighted by Gasteiger charge is 2.02. The number of ether oxygens (including phenoxy) is 1. The zero-order valence-corrected chi connectivity index (χ0v) is 10.0. The van der Waals surface area contributed by atoms with Crippen molar-refractivity contribution in [3.63, 3.8) is 0 Å². The number of aliphatic carboxylic acids is 1. The Bertz CT molecular complexity index is 507. The molecule has 0 spiro atoms. The third kappa shape index (κ3) is 5.35. The van der Waals surface area contributed by atoms with E-state index in [1.165, 1.54) is 7.11 Å². The van der Waals surface area contributed by atoms with Crippen LogP contribution in [0, 0.1) is 0 Å². The second kappa shape index (κ2) is 6.80. The van der Waals surface area contributed by atoms with Gasteiger partial charge in [0.2, 0.25) is 5.91 Å². The van der Waals surface area contributed by atoms with Crippen LogP contribution in [-0.4, -0.2) is 30.2 Å². The van der Waals surface area contributed by atoms with Crippen molar-refractivity contribution in [2.75, 3.05) is 17.7 Å². The summed E-state index contributed by atoms with van der Waals surface area (Å²) in [7, 11) is 1.25. The monoisotopic (exact) mass is 264 g/mol. The number of carboxylic acids is 1. The van der Waals surface area contributed by atoms with Crippen LogP contribution in [0.5, 0.6) is 0 Å². The Hall–Kier alpha value is -2.83. The molecule has 0 fully saturated rings.